The summed E-state index contributed by atoms with van der Waals surface area (Å²) < 4.78 is 0. The zero-order valence-corrected chi connectivity index (χ0v) is 7.84. The maximum Gasteiger partial charge on any atom is 0.317 e. The molecule has 0 aliphatic carbocycles. The summed E-state index contributed by atoms with van der Waals surface area (Å²) in [6.07, 6.45) is 0.997. The molecule has 16 heavy (non-hydrogen) atoms. The molecule has 0 aromatic rings. The average Bonchev–Trinajstić information content (AvgIpc) is 2.00. The minimum Gasteiger partial charge on any atom is -0.480 e. The first-order valence-corrected chi connectivity index (χ1v) is 4.29. The normalized spacial score (nSPS) is 7.94. The summed E-state index contributed by atoms with van der Waals surface area (Å²) in [6, 6.07) is 0. The number of nitrogens with zero attached hydrogens (tertiary/aromatic N) is 1. The lowest BCUT2D eigenvalue weighted by Gasteiger charge is -2.18. The first-order valence-electron chi connectivity index (χ1n) is 4.29. The van der Waals surface area contributed by atoms with Gasteiger partial charge in [0, 0.05) is 13.1 Å². The lowest BCUT2D eigenvalue weighted by Crippen LogP contribution is -2.35. The lowest BCUT2D eigenvalue weighted by molar-refractivity contribution is -0.138. The number of carbonyl (C=O) groups is 1. The molecule has 0 amide bonds. The van der Waals surface area contributed by atoms with Crippen LogP contribution < -0.4 is 5.32 Å². The summed E-state index contributed by atoms with van der Waals surface area (Å²) in [4.78, 5) is 12.3. The van der Waals surface area contributed by atoms with Gasteiger partial charge in [0.05, 0.1) is 6.54 Å². The van der Waals surface area contributed by atoms with Crippen LogP contribution in [-0.4, -0.2) is 49.2 Å². The number of nitrogens with one attached hydrogen (secondary N) is 1. The summed E-state index contributed by atoms with van der Waals surface area (Å²) in [5.41, 5.74) is 0. The highest BCUT2D eigenvalue weighted by Crippen LogP contribution is 1.89. The van der Waals surface area contributed by atoms with Crippen LogP contribution in [0.4, 0.5) is 0 Å². The van der Waals surface area contributed by atoms with Crippen LogP contribution in [-0.2, 0) is 4.79 Å². The molecule has 0 bridgehead atoms. The zero-order chi connectivity index (χ0) is 9.40. The van der Waals surface area contributed by atoms with E-state index in [4.69, 9.17) is 5.11 Å². The molecule has 0 aromatic heterocycles. The predicted octanol–water partition coefficient (Wildman–Crippen LogP) is 2.55. The lowest BCUT2D eigenvalue weighted by atomic mass is 10.4. The van der Waals surface area contributed by atoms with Crippen molar-refractivity contribution in [2.45, 2.75) is 43.1 Å². The molecule has 0 rings (SSSR count). The Labute approximate surface area is 103 Å². The Bertz CT molecular complexity index is 130. The van der Waals surface area contributed by atoms with E-state index < -0.39 is 5.97 Å². The first kappa shape index (κ1) is 29.5. The van der Waals surface area contributed by atoms with E-state index in [2.05, 4.69) is 5.32 Å². The smallest absolute Gasteiger partial charge is 0.317 e. The van der Waals surface area contributed by atoms with Crippen LogP contribution in [0.1, 0.15) is 43.1 Å². The topological polar surface area (TPSA) is 52.6 Å². The van der Waals surface area contributed by atoms with Crippen molar-refractivity contribution in [2.75, 3.05) is 33.2 Å². The van der Waals surface area contributed by atoms with Crippen LogP contribution in [0, 0.1) is 0 Å². The Balaban J connectivity index is -0.000000101. The quantitative estimate of drug-likeness (QED) is 0.715. The summed E-state index contributed by atoms with van der Waals surface area (Å²) in [5.74, 6) is -0.750. The second-order valence-electron chi connectivity index (χ2n) is 2.77. The molecule has 0 saturated carbocycles. The fourth-order valence-electron chi connectivity index (χ4n) is 1.05. The molecule has 0 radical (unpaired) electrons. The highest BCUT2D eigenvalue weighted by atomic mass is 16.4. The van der Waals surface area contributed by atoms with Gasteiger partial charge in [0.15, 0.2) is 0 Å². The molecule has 104 valence electrons. The van der Waals surface area contributed by atoms with Crippen molar-refractivity contribution in [3.8, 4) is 0 Å². The van der Waals surface area contributed by atoms with Crippen molar-refractivity contribution in [1.29, 1.82) is 0 Å². The molecule has 0 unspecified atom stereocenters. The molecule has 2 N–H and O–H groups in total. The fraction of sp³-hybridized carbons (Fsp3) is 0.917. The van der Waals surface area contributed by atoms with E-state index in [0.29, 0.717) is 0 Å². The second kappa shape index (κ2) is 19.9. The fourth-order valence-corrected chi connectivity index (χ4v) is 1.05. The Kier molecular flexibility index (Phi) is 36.7. The SMILES string of the molecule is C.C.C.C.CCCN(CCNC)CC(=O)O. The maximum atomic E-state index is 10.4. The minimum absolute atomic E-state index is 0. The van der Waals surface area contributed by atoms with Crippen LogP contribution in [0.5, 0.6) is 0 Å². The Morgan fingerprint density at radius 3 is 2.00 bits per heavy atom. The van der Waals surface area contributed by atoms with Gasteiger partial charge in [-0.1, -0.05) is 36.6 Å². The van der Waals surface area contributed by atoms with Crippen molar-refractivity contribution >= 4 is 5.97 Å². The number of hydrogen-bond donors (Lipinski definition) is 2. The largest absolute Gasteiger partial charge is 0.480 e. The van der Waals surface area contributed by atoms with Gasteiger partial charge in [-0.3, -0.25) is 9.69 Å². The number of likely N-dealkylation sites (N-methyl/N-ethyl adjacent to an activating group) is 1. The van der Waals surface area contributed by atoms with Gasteiger partial charge in [-0.2, -0.15) is 0 Å². The molecule has 0 atom stereocenters. The average molecular weight is 238 g/mol. The Morgan fingerprint density at radius 1 is 1.19 bits per heavy atom. The summed E-state index contributed by atoms with van der Waals surface area (Å²) in [7, 11) is 1.87. The zero-order valence-electron chi connectivity index (χ0n) is 7.84. The summed E-state index contributed by atoms with van der Waals surface area (Å²) in [5, 5.41) is 11.5. The molecule has 0 aromatic carbocycles. The number of carboxylic acid groups (broad SMARTS) is 1. The molecular formula is C12H34N2O2. The third kappa shape index (κ3) is 19.0. The molecule has 0 aliphatic rings. The molecular weight excluding hydrogens is 204 g/mol. The minimum atomic E-state index is -0.750. The van der Waals surface area contributed by atoms with Gasteiger partial charge in [0.1, 0.15) is 0 Å². The number of carboxylic acids is 1. The van der Waals surface area contributed by atoms with E-state index in [1.165, 1.54) is 0 Å². The van der Waals surface area contributed by atoms with E-state index in [0.717, 1.165) is 26.1 Å². The molecule has 4 heteroatoms. The van der Waals surface area contributed by atoms with E-state index in [-0.39, 0.29) is 36.3 Å². The summed E-state index contributed by atoms with van der Waals surface area (Å²) in [6.45, 7) is 4.70. The second-order valence-corrected chi connectivity index (χ2v) is 2.77. The predicted molar refractivity (Wildman–Crippen MR) is 75.2 cm³/mol. The van der Waals surface area contributed by atoms with Crippen molar-refractivity contribution < 1.29 is 9.90 Å². The van der Waals surface area contributed by atoms with E-state index in [1.54, 1.807) is 0 Å². The van der Waals surface area contributed by atoms with Crippen LogP contribution in [0.2, 0.25) is 0 Å². The molecule has 0 aliphatic heterocycles. The van der Waals surface area contributed by atoms with Crippen molar-refractivity contribution in [1.82, 2.24) is 10.2 Å². The van der Waals surface area contributed by atoms with Crippen molar-refractivity contribution in [2.24, 2.45) is 0 Å². The molecule has 0 fully saturated rings. The maximum absolute atomic E-state index is 10.4. The van der Waals surface area contributed by atoms with E-state index >= 15 is 0 Å². The first-order chi connectivity index (χ1) is 5.70. The molecule has 4 nitrogen and oxygen atoms in total. The van der Waals surface area contributed by atoms with Gasteiger partial charge in [-0.15, -0.1) is 0 Å². The number of aliphatic carboxylic acids is 1. The van der Waals surface area contributed by atoms with Crippen molar-refractivity contribution in [3.05, 3.63) is 0 Å². The van der Waals surface area contributed by atoms with Crippen molar-refractivity contribution in [3.63, 3.8) is 0 Å². The van der Waals surface area contributed by atoms with Gasteiger partial charge in [-0.05, 0) is 20.0 Å². The van der Waals surface area contributed by atoms with E-state index in [1.807, 2.05) is 18.9 Å². The highest BCUT2D eigenvalue weighted by molar-refractivity contribution is 5.69. The van der Waals surface area contributed by atoms with Gasteiger partial charge >= 0.3 is 5.97 Å². The van der Waals surface area contributed by atoms with Crippen LogP contribution in [0.3, 0.4) is 0 Å². The van der Waals surface area contributed by atoms with E-state index in [9.17, 15) is 4.79 Å². The van der Waals surface area contributed by atoms with Gasteiger partial charge in [0.25, 0.3) is 0 Å². The van der Waals surface area contributed by atoms with Gasteiger partial charge < -0.3 is 10.4 Å². The standard InChI is InChI=1S/C8H18N2O2.4CH4/c1-3-5-10(6-4-9-2)7-8(11)12;;;;/h9H,3-7H2,1-2H3,(H,11,12);4*1H4. The summed E-state index contributed by atoms with van der Waals surface area (Å²) >= 11 is 0. The van der Waals surface area contributed by atoms with Gasteiger partial charge in [0.2, 0.25) is 0 Å². The van der Waals surface area contributed by atoms with Crippen LogP contribution in [0.25, 0.3) is 0 Å². The van der Waals surface area contributed by atoms with Crippen LogP contribution in [0.15, 0.2) is 0 Å². The van der Waals surface area contributed by atoms with Gasteiger partial charge in [-0.25, -0.2) is 0 Å². The van der Waals surface area contributed by atoms with Crippen LogP contribution >= 0.6 is 0 Å². The Hall–Kier alpha value is -0.610. The highest BCUT2D eigenvalue weighted by Gasteiger charge is 2.06. The molecule has 0 spiro atoms. The third-order valence-electron chi connectivity index (χ3n) is 1.58. The molecule has 0 heterocycles. The number of hydrogen-bond acceptors (Lipinski definition) is 3. The third-order valence-corrected chi connectivity index (χ3v) is 1.58. The Morgan fingerprint density at radius 2 is 1.69 bits per heavy atom. The monoisotopic (exact) mass is 238 g/mol. The number of rotatable bonds is 7. The molecule has 0 saturated heterocycles.